The Labute approximate surface area is 87.7 Å². The van der Waals surface area contributed by atoms with Gasteiger partial charge in [-0.2, -0.15) is 0 Å². The highest BCUT2D eigenvalue weighted by molar-refractivity contribution is 5.90. The summed E-state index contributed by atoms with van der Waals surface area (Å²) in [6.45, 7) is 0.411. The first-order chi connectivity index (χ1) is 7.27. The number of hydrogen-bond donors (Lipinski definition) is 2. The third-order valence-corrected chi connectivity index (χ3v) is 2.35. The highest BCUT2D eigenvalue weighted by atomic mass is 16.2. The van der Waals surface area contributed by atoms with E-state index in [0.29, 0.717) is 13.0 Å². The normalized spacial score (nSPS) is 21.5. The maximum absolute atomic E-state index is 11.6. The molecule has 0 aromatic heterocycles. The van der Waals surface area contributed by atoms with Gasteiger partial charge in [-0.05, 0) is 5.56 Å². The van der Waals surface area contributed by atoms with Crippen LogP contribution in [0.25, 0.3) is 0 Å². The molecule has 1 aromatic rings. The third-order valence-electron chi connectivity index (χ3n) is 2.35. The molecule has 4 heteroatoms. The minimum absolute atomic E-state index is 0.0952. The van der Waals surface area contributed by atoms with Gasteiger partial charge in [0, 0.05) is 13.0 Å². The van der Waals surface area contributed by atoms with Crippen LogP contribution in [-0.4, -0.2) is 18.4 Å². The Morgan fingerprint density at radius 3 is 2.60 bits per heavy atom. The number of nitrogens with one attached hydrogen (secondary N) is 2. The fourth-order valence-corrected chi connectivity index (χ4v) is 1.58. The van der Waals surface area contributed by atoms with Crippen molar-refractivity contribution in [1.82, 2.24) is 10.6 Å². The SMILES string of the molecule is O=C1CCNC(=O)C(c2ccccc2)N1. The summed E-state index contributed by atoms with van der Waals surface area (Å²) in [7, 11) is 0. The van der Waals surface area contributed by atoms with Crippen LogP contribution in [-0.2, 0) is 9.59 Å². The molecule has 0 spiro atoms. The molecule has 2 N–H and O–H groups in total. The average Bonchev–Trinajstić information content (AvgIpc) is 2.42. The van der Waals surface area contributed by atoms with E-state index in [-0.39, 0.29) is 11.8 Å². The fraction of sp³-hybridized carbons (Fsp3) is 0.273. The topological polar surface area (TPSA) is 58.2 Å². The summed E-state index contributed by atoms with van der Waals surface area (Å²) in [6, 6.07) is 8.67. The highest BCUT2D eigenvalue weighted by Crippen LogP contribution is 2.14. The standard InChI is InChI=1S/C11H12N2O2/c14-9-6-7-12-11(15)10(13-9)8-4-2-1-3-5-8/h1-5,10H,6-7H2,(H,12,15)(H,13,14). The van der Waals surface area contributed by atoms with Crippen LogP contribution in [0.15, 0.2) is 30.3 Å². The molecule has 1 aliphatic rings. The number of amides is 2. The van der Waals surface area contributed by atoms with Crippen LogP contribution in [0, 0.1) is 0 Å². The van der Waals surface area contributed by atoms with E-state index in [1.807, 2.05) is 30.3 Å². The molecule has 1 atom stereocenters. The quantitative estimate of drug-likeness (QED) is 0.694. The van der Waals surface area contributed by atoms with Crippen molar-refractivity contribution < 1.29 is 9.59 Å². The summed E-state index contributed by atoms with van der Waals surface area (Å²) >= 11 is 0. The van der Waals surface area contributed by atoms with Gasteiger partial charge in [-0.25, -0.2) is 0 Å². The molecule has 15 heavy (non-hydrogen) atoms. The fourth-order valence-electron chi connectivity index (χ4n) is 1.58. The number of hydrogen-bond acceptors (Lipinski definition) is 2. The van der Waals surface area contributed by atoms with Crippen molar-refractivity contribution >= 4 is 11.8 Å². The zero-order chi connectivity index (χ0) is 10.7. The zero-order valence-corrected chi connectivity index (χ0v) is 8.19. The molecule has 1 aromatic carbocycles. The molecule has 0 bridgehead atoms. The van der Waals surface area contributed by atoms with E-state index in [4.69, 9.17) is 0 Å². The average molecular weight is 204 g/mol. The summed E-state index contributed by atoms with van der Waals surface area (Å²) in [5.41, 5.74) is 0.810. The Bertz CT molecular complexity index is 375. The molecule has 2 amide bonds. The lowest BCUT2D eigenvalue weighted by Gasteiger charge is -2.14. The smallest absolute Gasteiger partial charge is 0.247 e. The largest absolute Gasteiger partial charge is 0.353 e. The van der Waals surface area contributed by atoms with Crippen LogP contribution < -0.4 is 10.6 Å². The summed E-state index contributed by atoms with van der Waals surface area (Å²) < 4.78 is 0. The number of rotatable bonds is 1. The first-order valence-electron chi connectivity index (χ1n) is 4.89. The van der Waals surface area contributed by atoms with Gasteiger partial charge in [-0.15, -0.1) is 0 Å². The molecular formula is C11H12N2O2. The maximum atomic E-state index is 11.6. The predicted molar refractivity (Wildman–Crippen MR) is 55.0 cm³/mol. The van der Waals surface area contributed by atoms with Crippen molar-refractivity contribution in [3.63, 3.8) is 0 Å². The van der Waals surface area contributed by atoms with Crippen LogP contribution in [0.5, 0.6) is 0 Å². The van der Waals surface area contributed by atoms with Gasteiger partial charge in [-0.3, -0.25) is 9.59 Å². The number of benzene rings is 1. The molecule has 78 valence electrons. The monoisotopic (exact) mass is 204 g/mol. The van der Waals surface area contributed by atoms with Crippen LogP contribution >= 0.6 is 0 Å². The van der Waals surface area contributed by atoms with E-state index in [1.165, 1.54) is 0 Å². The molecule has 0 aliphatic carbocycles. The summed E-state index contributed by atoms with van der Waals surface area (Å²) in [4.78, 5) is 22.9. The van der Waals surface area contributed by atoms with Crippen molar-refractivity contribution in [2.24, 2.45) is 0 Å². The second-order valence-corrected chi connectivity index (χ2v) is 3.45. The first-order valence-corrected chi connectivity index (χ1v) is 4.89. The van der Waals surface area contributed by atoms with Gasteiger partial charge in [0.25, 0.3) is 0 Å². The lowest BCUT2D eigenvalue weighted by Crippen LogP contribution is -2.35. The first kappa shape index (κ1) is 9.71. The minimum Gasteiger partial charge on any atom is -0.353 e. The molecular weight excluding hydrogens is 192 g/mol. The van der Waals surface area contributed by atoms with E-state index < -0.39 is 6.04 Å². The summed E-state index contributed by atoms with van der Waals surface area (Å²) in [6.07, 6.45) is 0.342. The van der Waals surface area contributed by atoms with Crippen LogP contribution in [0.3, 0.4) is 0 Å². The highest BCUT2D eigenvalue weighted by Gasteiger charge is 2.24. The summed E-state index contributed by atoms with van der Waals surface area (Å²) in [5.74, 6) is -0.241. The Morgan fingerprint density at radius 1 is 1.13 bits per heavy atom. The van der Waals surface area contributed by atoms with Gasteiger partial charge in [0.05, 0.1) is 0 Å². The Hall–Kier alpha value is -1.84. The van der Waals surface area contributed by atoms with Gasteiger partial charge in [0.2, 0.25) is 11.8 Å². The molecule has 0 radical (unpaired) electrons. The zero-order valence-electron chi connectivity index (χ0n) is 8.19. The summed E-state index contributed by atoms with van der Waals surface area (Å²) in [5, 5.41) is 5.40. The number of carbonyl (C=O) groups excluding carboxylic acids is 2. The van der Waals surface area contributed by atoms with Gasteiger partial charge in [0.15, 0.2) is 0 Å². The van der Waals surface area contributed by atoms with Crippen LogP contribution in [0.2, 0.25) is 0 Å². The molecule has 1 unspecified atom stereocenters. The van der Waals surface area contributed by atoms with Crippen LogP contribution in [0.1, 0.15) is 18.0 Å². The van der Waals surface area contributed by atoms with Gasteiger partial charge < -0.3 is 10.6 Å². The van der Waals surface area contributed by atoms with Crippen molar-refractivity contribution in [2.75, 3.05) is 6.54 Å². The third kappa shape index (κ3) is 2.15. The van der Waals surface area contributed by atoms with Crippen molar-refractivity contribution in [1.29, 1.82) is 0 Å². The second kappa shape index (κ2) is 4.13. The van der Waals surface area contributed by atoms with Crippen LogP contribution in [0.4, 0.5) is 0 Å². The van der Waals surface area contributed by atoms with Gasteiger partial charge in [0.1, 0.15) is 6.04 Å². The molecule has 2 rings (SSSR count). The van der Waals surface area contributed by atoms with Crippen molar-refractivity contribution in [3.8, 4) is 0 Å². The molecule has 1 saturated heterocycles. The Morgan fingerprint density at radius 2 is 1.87 bits per heavy atom. The van der Waals surface area contributed by atoms with Crippen molar-refractivity contribution in [3.05, 3.63) is 35.9 Å². The maximum Gasteiger partial charge on any atom is 0.247 e. The Balaban J connectivity index is 2.25. The Kier molecular flexibility index (Phi) is 2.67. The molecule has 4 nitrogen and oxygen atoms in total. The predicted octanol–water partition coefficient (Wildman–Crippen LogP) is 0.364. The van der Waals surface area contributed by atoms with E-state index in [2.05, 4.69) is 10.6 Å². The van der Waals surface area contributed by atoms with E-state index in [0.717, 1.165) is 5.56 Å². The lowest BCUT2D eigenvalue weighted by molar-refractivity contribution is -0.126. The van der Waals surface area contributed by atoms with E-state index >= 15 is 0 Å². The van der Waals surface area contributed by atoms with E-state index in [1.54, 1.807) is 0 Å². The molecule has 1 fully saturated rings. The minimum atomic E-state index is -0.554. The van der Waals surface area contributed by atoms with Gasteiger partial charge in [-0.1, -0.05) is 30.3 Å². The van der Waals surface area contributed by atoms with Crippen molar-refractivity contribution in [2.45, 2.75) is 12.5 Å². The second-order valence-electron chi connectivity index (χ2n) is 3.45. The van der Waals surface area contributed by atoms with Gasteiger partial charge >= 0.3 is 0 Å². The molecule has 0 saturated carbocycles. The lowest BCUT2D eigenvalue weighted by atomic mass is 10.1. The molecule has 1 aliphatic heterocycles. The van der Waals surface area contributed by atoms with E-state index in [9.17, 15) is 9.59 Å². The molecule has 1 heterocycles. The number of carbonyl (C=O) groups is 2.